The van der Waals surface area contributed by atoms with Gasteiger partial charge in [0.25, 0.3) is 6.47 Å². The quantitative estimate of drug-likeness (QED) is 0.782. The number of aromatic nitrogens is 1. The Hall–Kier alpha value is -1.51. The van der Waals surface area contributed by atoms with Crippen LogP contribution in [0.25, 0.3) is 0 Å². The van der Waals surface area contributed by atoms with E-state index < -0.39 is 0 Å². The molecule has 3 atom stereocenters. The van der Waals surface area contributed by atoms with E-state index in [1.54, 1.807) is 11.3 Å². The van der Waals surface area contributed by atoms with Crippen molar-refractivity contribution in [3.63, 3.8) is 0 Å². The molecule has 138 valence electrons. The number of hydrogen-bond donors (Lipinski definition) is 2. The van der Waals surface area contributed by atoms with E-state index in [0.717, 1.165) is 44.7 Å². The molecule has 2 N–H and O–H groups in total. The van der Waals surface area contributed by atoms with Gasteiger partial charge < -0.3 is 15.2 Å². The second kappa shape index (κ2) is 8.25. The first-order valence-electron chi connectivity index (χ1n) is 8.77. The zero-order chi connectivity index (χ0) is 17.8. The average Bonchev–Trinajstić information content (AvgIpc) is 3.23. The van der Waals surface area contributed by atoms with Gasteiger partial charge in [0.15, 0.2) is 0 Å². The number of nitrogens with zero attached hydrogens (tertiary/aromatic N) is 2. The summed E-state index contributed by atoms with van der Waals surface area (Å²) in [6.07, 6.45) is 4.63. The summed E-state index contributed by atoms with van der Waals surface area (Å²) in [5.41, 5.74) is 3.02. The van der Waals surface area contributed by atoms with Gasteiger partial charge in [-0.05, 0) is 32.6 Å². The summed E-state index contributed by atoms with van der Waals surface area (Å²) in [4.78, 5) is 29.0. The summed E-state index contributed by atoms with van der Waals surface area (Å²) in [5, 5.41) is 10.1. The largest absolute Gasteiger partial charge is 0.483 e. The van der Waals surface area contributed by atoms with Gasteiger partial charge in [0.1, 0.15) is 0 Å². The molecule has 0 unspecified atom stereocenters. The van der Waals surface area contributed by atoms with Crippen molar-refractivity contribution >= 4 is 23.7 Å². The molecule has 1 aromatic heterocycles. The number of fused-ring (bicyclic) bond motifs is 1. The first kappa shape index (κ1) is 18.3. The number of amides is 1. The molecule has 0 aromatic carbocycles. The van der Waals surface area contributed by atoms with Crippen molar-refractivity contribution in [2.24, 2.45) is 5.92 Å². The number of thiazole rings is 1. The molecule has 25 heavy (non-hydrogen) atoms. The highest BCUT2D eigenvalue weighted by molar-refractivity contribution is 7.09. The van der Waals surface area contributed by atoms with Crippen LogP contribution in [-0.2, 0) is 20.9 Å². The van der Waals surface area contributed by atoms with Crippen molar-refractivity contribution in [2.75, 3.05) is 13.2 Å². The summed E-state index contributed by atoms with van der Waals surface area (Å²) in [6.45, 7) is 4.30. The highest BCUT2D eigenvalue weighted by Gasteiger charge is 2.49. The van der Waals surface area contributed by atoms with E-state index in [0.29, 0.717) is 12.1 Å². The molecule has 1 aliphatic carbocycles. The van der Waals surface area contributed by atoms with Crippen molar-refractivity contribution in [2.45, 2.75) is 57.3 Å². The van der Waals surface area contributed by atoms with Gasteiger partial charge >= 0.3 is 0 Å². The minimum atomic E-state index is -0.250. The van der Waals surface area contributed by atoms with Crippen molar-refractivity contribution in [1.29, 1.82) is 0 Å². The zero-order valence-corrected chi connectivity index (χ0v) is 15.2. The van der Waals surface area contributed by atoms with Crippen LogP contribution < -0.4 is 5.32 Å². The van der Waals surface area contributed by atoms with Gasteiger partial charge in [0, 0.05) is 36.7 Å². The lowest BCUT2D eigenvalue weighted by molar-refractivity contribution is -0.129. The van der Waals surface area contributed by atoms with Crippen molar-refractivity contribution in [3.05, 3.63) is 16.1 Å². The Morgan fingerprint density at radius 1 is 1.52 bits per heavy atom. The molecule has 7 nitrogen and oxygen atoms in total. The van der Waals surface area contributed by atoms with E-state index in [2.05, 4.69) is 22.1 Å². The number of hydrogen-bond acceptors (Lipinski definition) is 6. The standard InChI is InChI=1S/C16H23N3O2S.CH2O2/c1-10-14(22-9-17-10)8-19-7-12(15-13(19)5-6-21-15)16(20)18-11-3-2-4-11;2-1-3/h9,11-13,15H,2-8H2,1H3,(H,18,20);1H,(H,2,3)/t12-,13+,15+;/m0./s1. The van der Waals surface area contributed by atoms with Gasteiger partial charge in [0.2, 0.25) is 5.91 Å². The van der Waals surface area contributed by atoms with Crippen LogP contribution in [0.5, 0.6) is 0 Å². The first-order chi connectivity index (χ1) is 12.1. The third-order valence-corrected chi connectivity index (χ3v) is 6.30. The van der Waals surface area contributed by atoms with Gasteiger partial charge in [-0.25, -0.2) is 4.98 Å². The normalized spacial score (nSPS) is 28.6. The number of carbonyl (C=O) groups excluding carboxylic acids is 1. The number of carbonyl (C=O) groups is 2. The smallest absolute Gasteiger partial charge is 0.290 e. The second-order valence-corrected chi connectivity index (χ2v) is 7.77. The van der Waals surface area contributed by atoms with Gasteiger partial charge in [-0.2, -0.15) is 0 Å². The molecule has 3 fully saturated rings. The van der Waals surface area contributed by atoms with Crippen molar-refractivity contribution < 1.29 is 19.4 Å². The molecule has 0 radical (unpaired) electrons. The summed E-state index contributed by atoms with van der Waals surface area (Å²) in [7, 11) is 0. The maximum absolute atomic E-state index is 12.6. The fourth-order valence-corrected chi connectivity index (χ4v) is 4.61. The molecule has 8 heteroatoms. The Morgan fingerprint density at radius 3 is 2.88 bits per heavy atom. The molecular formula is C17H25N3O4S. The SMILES string of the molecule is Cc1ncsc1CN1C[C@H](C(=O)NC2CCC2)[C@H]2OCC[C@H]21.O=CO. The third kappa shape index (κ3) is 4.02. The second-order valence-electron chi connectivity index (χ2n) is 6.83. The number of aryl methyl sites for hydroxylation is 1. The Labute approximate surface area is 151 Å². The van der Waals surface area contributed by atoms with E-state index >= 15 is 0 Å². The summed E-state index contributed by atoms with van der Waals surface area (Å²) < 4.78 is 5.91. The van der Waals surface area contributed by atoms with Crippen LogP contribution in [-0.4, -0.2) is 58.7 Å². The number of nitrogens with one attached hydrogen (secondary N) is 1. The highest BCUT2D eigenvalue weighted by atomic mass is 32.1. The van der Waals surface area contributed by atoms with E-state index in [4.69, 9.17) is 14.6 Å². The Morgan fingerprint density at radius 2 is 2.28 bits per heavy atom. The van der Waals surface area contributed by atoms with Crippen molar-refractivity contribution in [3.8, 4) is 0 Å². The lowest BCUT2D eigenvalue weighted by Crippen LogP contribution is -2.45. The fraction of sp³-hybridized carbons (Fsp3) is 0.706. The predicted octanol–water partition coefficient (Wildman–Crippen LogP) is 1.41. The van der Waals surface area contributed by atoms with Crippen LogP contribution in [0.15, 0.2) is 5.51 Å². The topological polar surface area (TPSA) is 91.8 Å². The minimum Gasteiger partial charge on any atom is -0.483 e. The molecule has 0 bridgehead atoms. The molecule has 2 aliphatic heterocycles. The van der Waals surface area contributed by atoms with E-state index in [1.165, 1.54) is 11.3 Å². The van der Waals surface area contributed by atoms with E-state index in [-0.39, 0.29) is 24.4 Å². The third-order valence-electron chi connectivity index (χ3n) is 5.38. The van der Waals surface area contributed by atoms with Crippen LogP contribution in [0.2, 0.25) is 0 Å². The zero-order valence-electron chi connectivity index (χ0n) is 14.4. The van der Waals surface area contributed by atoms with Crippen LogP contribution in [0, 0.1) is 12.8 Å². The van der Waals surface area contributed by atoms with Crippen molar-refractivity contribution in [1.82, 2.24) is 15.2 Å². The summed E-state index contributed by atoms with van der Waals surface area (Å²) in [5.74, 6) is 0.187. The fourth-order valence-electron chi connectivity index (χ4n) is 3.80. The van der Waals surface area contributed by atoms with Gasteiger partial charge in [0.05, 0.1) is 23.2 Å². The van der Waals surface area contributed by atoms with Gasteiger partial charge in [-0.3, -0.25) is 14.5 Å². The van der Waals surface area contributed by atoms with E-state index in [1.807, 2.05) is 5.51 Å². The van der Waals surface area contributed by atoms with Crippen LogP contribution in [0.4, 0.5) is 0 Å². The molecule has 1 aromatic rings. The average molecular weight is 367 g/mol. The molecular weight excluding hydrogens is 342 g/mol. The molecule has 3 heterocycles. The lowest BCUT2D eigenvalue weighted by Gasteiger charge is -2.28. The molecule has 2 saturated heterocycles. The maximum Gasteiger partial charge on any atom is 0.290 e. The molecule has 0 spiro atoms. The van der Waals surface area contributed by atoms with Gasteiger partial charge in [-0.15, -0.1) is 11.3 Å². The molecule has 4 rings (SSSR count). The number of rotatable bonds is 4. The summed E-state index contributed by atoms with van der Waals surface area (Å²) in [6, 6.07) is 0.795. The monoisotopic (exact) mass is 367 g/mol. The number of carboxylic acid groups (broad SMARTS) is 1. The molecule has 3 aliphatic rings. The first-order valence-corrected chi connectivity index (χ1v) is 9.64. The maximum atomic E-state index is 12.6. The van der Waals surface area contributed by atoms with Crippen LogP contribution in [0.1, 0.15) is 36.3 Å². The van der Waals surface area contributed by atoms with Gasteiger partial charge in [-0.1, -0.05) is 0 Å². The predicted molar refractivity (Wildman–Crippen MR) is 93.4 cm³/mol. The number of likely N-dealkylation sites (tertiary alicyclic amines) is 1. The Balaban J connectivity index is 0.000000569. The number of ether oxygens (including phenoxy) is 1. The van der Waals surface area contributed by atoms with Crippen LogP contribution >= 0.6 is 11.3 Å². The Kier molecular flexibility index (Phi) is 6.03. The van der Waals surface area contributed by atoms with E-state index in [9.17, 15) is 4.79 Å². The minimum absolute atomic E-state index is 0.0127. The summed E-state index contributed by atoms with van der Waals surface area (Å²) >= 11 is 1.71. The lowest BCUT2D eigenvalue weighted by atomic mass is 9.92. The highest BCUT2D eigenvalue weighted by Crippen LogP contribution is 2.35. The Bertz CT molecular complexity index is 604. The van der Waals surface area contributed by atoms with Crippen LogP contribution in [0.3, 0.4) is 0 Å². The molecule has 1 saturated carbocycles. The molecule has 1 amide bonds.